The molecule has 10 heteroatoms. The number of rotatable bonds is 10. The first-order valence-electron chi connectivity index (χ1n) is 7.01. The van der Waals surface area contributed by atoms with Gasteiger partial charge in [-0.05, 0) is 12.3 Å². The van der Waals surface area contributed by atoms with E-state index < -0.39 is 41.9 Å². The van der Waals surface area contributed by atoms with E-state index in [-0.39, 0.29) is 24.5 Å². The van der Waals surface area contributed by atoms with Gasteiger partial charge in [0.25, 0.3) is 0 Å². The molecule has 3 atom stereocenters. The van der Waals surface area contributed by atoms with Crippen LogP contribution in [-0.4, -0.2) is 57.8 Å². The van der Waals surface area contributed by atoms with Crippen LogP contribution < -0.4 is 16.4 Å². The summed E-state index contributed by atoms with van der Waals surface area (Å²) >= 11 is 3.87. The molecule has 0 fully saturated rings. The number of aliphatic carboxylic acids is 2. The normalized spacial score (nSPS) is 14.7. The Bertz CT molecular complexity index is 457. The zero-order valence-corrected chi connectivity index (χ0v) is 13.9. The highest BCUT2D eigenvalue weighted by Crippen LogP contribution is 2.05. The van der Waals surface area contributed by atoms with E-state index in [0.717, 1.165) is 0 Å². The number of hydrogen-bond acceptors (Lipinski definition) is 6. The highest BCUT2D eigenvalue weighted by Gasteiger charge is 2.29. The van der Waals surface area contributed by atoms with Crippen LogP contribution >= 0.6 is 12.6 Å². The van der Waals surface area contributed by atoms with Gasteiger partial charge in [0.1, 0.15) is 12.1 Å². The molecule has 0 rings (SSSR count). The van der Waals surface area contributed by atoms with Crippen LogP contribution in [0, 0.1) is 5.92 Å². The Morgan fingerprint density at radius 2 is 1.65 bits per heavy atom. The quantitative estimate of drug-likeness (QED) is 0.271. The third kappa shape index (κ3) is 7.84. The van der Waals surface area contributed by atoms with Crippen LogP contribution in [-0.2, 0) is 19.2 Å². The van der Waals surface area contributed by atoms with Crippen molar-refractivity contribution in [1.82, 2.24) is 10.6 Å². The third-order valence-corrected chi connectivity index (χ3v) is 3.44. The molecular formula is C13H23N3O6S. The molecule has 132 valence electrons. The molecule has 2 amide bonds. The fourth-order valence-corrected chi connectivity index (χ4v) is 1.83. The molecule has 0 aromatic rings. The van der Waals surface area contributed by atoms with Gasteiger partial charge in [-0.15, -0.1) is 0 Å². The van der Waals surface area contributed by atoms with E-state index in [1.807, 2.05) is 0 Å². The van der Waals surface area contributed by atoms with E-state index in [1.54, 1.807) is 13.8 Å². The summed E-state index contributed by atoms with van der Waals surface area (Å²) in [6.07, 6.45) is -0.551. The van der Waals surface area contributed by atoms with Crippen LogP contribution in [0.1, 0.15) is 26.7 Å². The molecule has 0 saturated carbocycles. The van der Waals surface area contributed by atoms with Crippen LogP contribution in [0.3, 0.4) is 0 Å². The molecule has 0 aromatic carbocycles. The van der Waals surface area contributed by atoms with E-state index in [1.165, 1.54) is 0 Å². The lowest BCUT2D eigenvalue weighted by Crippen LogP contribution is -2.55. The van der Waals surface area contributed by atoms with Crippen molar-refractivity contribution in [2.75, 3.05) is 5.75 Å². The van der Waals surface area contributed by atoms with Gasteiger partial charge in [-0.2, -0.15) is 12.6 Å². The van der Waals surface area contributed by atoms with Gasteiger partial charge in [-0.25, -0.2) is 4.79 Å². The number of hydrogen-bond donors (Lipinski definition) is 6. The van der Waals surface area contributed by atoms with E-state index >= 15 is 0 Å². The van der Waals surface area contributed by atoms with Gasteiger partial charge in [-0.1, -0.05) is 13.8 Å². The zero-order valence-electron chi connectivity index (χ0n) is 13.0. The van der Waals surface area contributed by atoms with Gasteiger partial charge in [0.05, 0.1) is 6.04 Å². The molecule has 6 N–H and O–H groups in total. The Balaban J connectivity index is 5.02. The summed E-state index contributed by atoms with van der Waals surface area (Å²) in [5.74, 6) is -4.14. The lowest BCUT2D eigenvalue weighted by atomic mass is 10.0. The highest BCUT2D eigenvalue weighted by atomic mass is 32.1. The zero-order chi connectivity index (χ0) is 18.2. The number of nitrogens with one attached hydrogen (secondary N) is 2. The van der Waals surface area contributed by atoms with Crippen LogP contribution in [0.4, 0.5) is 0 Å². The maximum absolute atomic E-state index is 12.2. The minimum absolute atomic E-state index is 0.0445. The highest BCUT2D eigenvalue weighted by molar-refractivity contribution is 7.80. The minimum Gasteiger partial charge on any atom is -0.481 e. The number of thiol groups is 1. The number of carboxylic acids is 2. The molecule has 3 unspecified atom stereocenters. The van der Waals surface area contributed by atoms with Gasteiger partial charge in [0, 0.05) is 12.2 Å². The summed E-state index contributed by atoms with van der Waals surface area (Å²) in [7, 11) is 0. The fourth-order valence-electron chi connectivity index (χ4n) is 1.67. The summed E-state index contributed by atoms with van der Waals surface area (Å²) in [4.78, 5) is 45.7. The van der Waals surface area contributed by atoms with Crippen molar-refractivity contribution < 1.29 is 29.4 Å². The maximum atomic E-state index is 12.2. The largest absolute Gasteiger partial charge is 0.481 e. The number of carbonyl (C=O) groups is 4. The second-order valence-electron chi connectivity index (χ2n) is 5.35. The molecule has 0 saturated heterocycles. The number of carboxylic acid groups (broad SMARTS) is 2. The van der Waals surface area contributed by atoms with Gasteiger partial charge in [-0.3, -0.25) is 14.4 Å². The number of amides is 2. The standard InChI is InChI=1S/C13H23N3O6S/c1-6(2)10(13(21)22)16-12(20)8(3-4-9(17)18)15-11(19)7(14)5-23/h6-8,10,23H,3-5,14H2,1-2H3,(H,15,19)(H,16,20)(H,17,18)(H,21,22). The first-order chi connectivity index (χ1) is 10.6. The summed E-state index contributed by atoms with van der Waals surface area (Å²) < 4.78 is 0. The molecule has 0 aliphatic carbocycles. The maximum Gasteiger partial charge on any atom is 0.326 e. The predicted molar refractivity (Wildman–Crippen MR) is 85.0 cm³/mol. The summed E-state index contributed by atoms with van der Waals surface area (Å²) in [6, 6.07) is -3.30. The minimum atomic E-state index is -1.22. The lowest BCUT2D eigenvalue weighted by molar-refractivity contribution is -0.144. The average molecular weight is 349 g/mol. The van der Waals surface area contributed by atoms with Gasteiger partial charge in [0.2, 0.25) is 11.8 Å². The molecule has 9 nitrogen and oxygen atoms in total. The summed E-state index contributed by atoms with van der Waals surface area (Å²) in [5.41, 5.74) is 5.49. The third-order valence-electron chi connectivity index (χ3n) is 3.04. The molecule has 0 bridgehead atoms. The monoisotopic (exact) mass is 349 g/mol. The topological polar surface area (TPSA) is 159 Å². The van der Waals surface area contributed by atoms with Crippen molar-refractivity contribution in [3.63, 3.8) is 0 Å². The lowest BCUT2D eigenvalue weighted by Gasteiger charge is -2.23. The second-order valence-corrected chi connectivity index (χ2v) is 5.72. The van der Waals surface area contributed by atoms with E-state index in [9.17, 15) is 19.2 Å². The molecule has 0 aromatic heterocycles. The van der Waals surface area contributed by atoms with Crippen molar-refractivity contribution in [3.05, 3.63) is 0 Å². The molecule has 0 radical (unpaired) electrons. The predicted octanol–water partition coefficient (Wildman–Crippen LogP) is -1.18. The van der Waals surface area contributed by atoms with Gasteiger partial charge < -0.3 is 26.6 Å². The van der Waals surface area contributed by atoms with Crippen LogP contribution in [0.2, 0.25) is 0 Å². The Labute approximate surface area is 139 Å². The molecule has 0 spiro atoms. The molecule has 0 aliphatic rings. The Morgan fingerprint density at radius 1 is 1.09 bits per heavy atom. The first-order valence-corrected chi connectivity index (χ1v) is 7.65. The first kappa shape index (κ1) is 21.2. The van der Waals surface area contributed by atoms with Crippen LogP contribution in [0.15, 0.2) is 0 Å². The van der Waals surface area contributed by atoms with Crippen molar-refractivity contribution in [2.45, 2.75) is 44.8 Å². The second kappa shape index (κ2) is 10.1. The Morgan fingerprint density at radius 3 is 2.04 bits per heavy atom. The molecular weight excluding hydrogens is 326 g/mol. The Kier molecular flexibility index (Phi) is 9.27. The van der Waals surface area contributed by atoms with Crippen molar-refractivity contribution in [3.8, 4) is 0 Å². The summed E-state index contributed by atoms with van der Waals surface area (Å²) in [6.45, 7) is 3.22. The van der Waals surface area contributed by atoms with E-state index in [0.29, 0.717) is 0 Å². The Hall–Kier alpha value is -1.81. The fraction of sp³-hybridized carbons (Fsp3) is 0.692. The van der Waals surface area contributed by atoms with Crippen molar-refractivity contribution >= 4 is 36.4 Å². The van der Waals surface area contributed by atoms with Gasteiger partial charge >= 0.3 is 11.9 Å². The summed E-state index contributed by atoms with van der Waals surface area (Å²) in [5, 5.41) is 22.4. The number of nitrogens with two attached hydrogens (primary N) is 1. The van der Waals surface area contributed by atoms with Crippen molar-refractivity contribution in [2.24, 2.45) is 11.7 Å². The van der Waals surface area contributed by atoms with Crippen LogP contribution in [0.25, 0.3) is 0 Å². The van der Waals surface area contributed by atoms with Crippen LogP contribution in [0.5, 0.6) is 0 Å². The molecule has 0 aliphatic heterocycles. The SMILES string of the molecule is CC(C)C(NC(=O)C(CCC(=O)O)NC(=O)C(N)CS)C(=O)O. The van der Waals surface area contributed by atoms with E-state index in [4.69, 9.17) is 15.9 Å². The van der Waals surface area contributed by atoms with E-state index in [2.05, 4.69) is 23.3 Å². The molecule has 0 heterocycles. The number of carbonyl (C=O) groups excluding carboxylic acids is 2. The average Bonchev–Trinajstić information content (AvgIpc) is 2.46. The smallest absolute Gasteiger partial charge is 0.326 e. The van der Waals surface area contributed by atoms with Crippen molar-refractivity contribution in [1.29, 1.82) is 0 Å². The molecule has 23 heavy (non-hydrogen) atoms. The van der Waals surface area contributed by atoms with Gasteiger partial charge in [0.15, 0.2) is 0 Å².